The Morgan fingerprint density at radius 3 is 2.93 bits per heavy atom. The Labute approximate surface area is 89.9 Å². The molecule has 0 aromatic carbocycles. The monoisotopic (exact) mass is 226 g/mol. The summed E-state index contributed by atoms with van der Waals surface area (Å²) in [7, 11) is 0. The zero-order chi connectivity index (χ0) is 9.97. The largest absolute Gasteiger partial charge is 0.271 e. The number of hydrogen-bond donors (Lipinski definition) is 2. The number of thiophene rings is 1. The number of nitrogens with zero attached hydrogens (tertiary/aromatic N) is 2. The van der Waals surface area contributed by atoms with Gasteiger partial charge in [-0.15, -0.1) is 16.4 Å². The van der Waals surface area contributed by atoms with E-state index in [2.05, 4.69) is 33.4 Å². The Hall–Kier alpha value is -0.820. The van der Waals surface area contributed by atoms with E-state index in [9.17, 15) is 0 Å². The van der Waals surface area contributed by atoms with E-state index in [1.807, 2.05) is 0 Å². The van der Waals surface area contributed by atoms with Crippen LogP contribution in [0.1, 0.15) is 21.4 Å². The first kappa shape index (κ1) is 9.72. The molecule has 0 saturated heterocycles. The number of nitrogens with one attached hydrogen (secondary N) is 1. The van der Waals surface area contributed by atoms with Gasteiger partial charge in [0, 0.05) is 4.88 Å². The summed E-state index contributed by atoms with van der Waals surface area (Å²) in [6.07, 6.45) is 1.74. The van der Waals surface area contributed by atoms with Gasteiger partial charge >= 0.3 is 0 Å². The van der Waals surface area contributed by atoms with Crippen LogP contribution in [0, 0.1) is 6.92 Å². The van der Waals surface area contributed by atoms with Crippen molar-refractivity contribution in [1.82, 2.24) is 15.0 Å². The minimum absolute atomic E-state index is 0.0138. The second-order valence-electron chi connectivity index (χ2n) is 2.91. The van der Waals surface area contributed by atoms with Crippen LogP contribution in [0.2, 0.25) is 0 Å². The lowest BCUT2D eigenvalue weighted by molar-refractivity contribution is 0.647. The molecular weight excluding hydrogens is 216 g/mol. The third kappa shape index (κ3) is 1.83. The van der Waals surface area contributed by atoms with Crippen LogP contribution in [0.4, 0.5) is 0 Å². The van der Waals surface area contributed by atoms with Gasteiger partial charge in [-0.1, -0.05) is 4.49 Å². The number of nitrogens with two attached hydrogens (primary N) is 1. The van der Waals surface area contributed by atoms with Crippen molar-refractivity contribution in [1.29, 1.82) is 0 Å². The molecule has 2 aromatic heterocycles. The van der Waals surface area contributed by atoms with Gasteiger partial charge in [0.05, 0.1) is 17.1 Å². The van der Waals surface area contributed by atoms with Gasteiger partial charge in [0.25, 0.3) is 0 Å². The lowest BCUT2D eigenvalue weighted by atomic mass is 10.1. The number of hydrogen-bond acceptors (Lipinski definition) is 6. The van der Waals surface area contributed by atoms with Gasteiger partial charge in [0.15, 0.2) is 0 Å². The Morgan fingerprint density at radius 2 is 2.43 bits per heavy atom. The molecule has 2 aromatic rings. The van der Waals surface area contributed by atoms with E-state index < -0.39 is 0 Å². The van der Waals surface area contributed by atoms with Gasteiger partial charge in [-0.3, -0.25) is 5.84 Å². The van der Waals surface area contributed by atoms with Crippen LogP contribution in [-0.2, 0) is 0 Å². The minimum Gasteiger partial charge on any atom is -0.271 e. The standard InChI is InChI=1S/C8H10N4S2/c1-5-2-6(4-13-5)8(11-9)7-3-10-12-14-7/h2-4,8,11H,9H2,1H3. The van der Waals surface area contributed by atoms with Crippen LogP contribution in [0.15, 0.2) is 17.6 Å². The predicted octanol–water partition coefficient (Wildman–Crippen LogP) is 1.46. The normalized spacial score (nSPS) is 13.0. The highest BCUT2D eigenvalue weighted by molar-refractivity contribution is 7.10. The van der Waals surface area contributed by atoms with Crippen LogP contribution in [0.25, 0.3) is 0 Å². The van der Waals surface area contributed by atoms with Gasteiger partial charge in [0.1, 0.15) is 0 Å². The summed E-state index contributed by atoms with van der Waals surface area (Å²) in [5, 5.41) is 5.90. The Bertz CT molecular complexity index is 395. The quantitative estimate of drug-likeness (QED) is 0.614. The predicted molar refractivity (Wildman–Crippen MR) is 58.1 cm³/mol. The highest BCUT2D eigenvalue weighted by atomic mass is 32.1. The summed E-state index contributed by atoms with van der Waals surface area (Å²) in [4.78, 5) is 2.31. The molecule has 0 aliphatic rings. The van der Waals surface area contributed by atoms with Crippen molar-refractivity contribution >= 4 is 22.9 Å². The van der Waals surface area contributed by atoms with Crippen molar-refractivity contribution in [2.75, 3.05) is 0 Å². The molecule has 1 atom stereocenters. The van der Waals surface area contributed by atoms with Crippen molar-refractivity contribution in [2.45, 2.75) is 13.0 Å². The number of aromatic nitrogens is 2. The molecule has 0 radical (unpaired) electrons. The van der Waals surface area contributed by atoms with Crippen molar-refractivity contribution < 1.29 is 0 Å². The van der Waals surface area contributed by atoms with E-state index in [4.69, 9.17) is 5.84 Å². The minimum atomic E-state index is 0.0138. The Kier molecular flexibility index (Phi) is 2.87. The molecule has 0 aliphatic carbocycles. The van der Waals surface area contributed by atoms with E-state index in [0.717, 1.165) is 4.88 Å². The van der Waals surface area contributed by atoms with E-state index in [1.54, 1.807) is 17.5 Å². The molecule has 0 spiro atoms. The van der Waals surface area contributed by atoms with E-state index >= 15 is 0 Å². The number of aryl methyl sites for hydroxylation is 1. The van der Waals surface area contributed by atoms with Gasteiger partial charge in [-0.05, 0) is 35.5 Å². The molecule has 3 N–H and O–H groups in total. The van der Waals surface area contributed by atoms with E-state index in [0.29, 0.717) is 0 Å². The van der Waals surface area contributed by atoms with Gasteiger partial charge in [-0.25, -0.2) is 5.43 Å². The number of hydrazine groups is 1. The van der Waals surface area contributed by atoms with E-state index in [-0.39, 0.29) is 6.04 Å². The summed E-state index contributed by atoms with van der Waals surface area (Å²) in [6.45, 7) is 2.08. The molecule has 2 heterocycles. The van der Waals surface area contributed by atoms with Crippen LogP contribution in [0.3, 0.4) is 0 Å². The third-order valence-electron chi connectivity index (χ3n) is 1.91. The molecule has 2 rings (SSSR count). The average Bonchev–Trinajstić information content (AvgIpc) is 2.79. The molecular formula is C8H10N4S2. The lowest BCUT2D eigenvalue weighted by Gasteiger charge is -2.10. The zero-order valence-electron chi connectivity index (χ0n) is 7.60. The topological polar surface area (TPSA) is 63.8 Å². The Balaban J connectivity index is 2.31. The lowest BCUT2D eigenvalue weighted by Crippen LogP contribution is -2.27. The summed E-state index contributed by atoms with van der Waals surface area (Å²) in [5.74, 6) is 5.51. The summed E-state index contributed by atoms with van der Waals surface area (Å²) < 4.78 is 3.82. The molecule has 6 heteroatoms. The number of rotatable bonds is 3. The van der Waals surface area contributed by atoms with Crippen LogP contribution in [0.5, 0.6) is 0 Å². The molecule has 4 nitrogen and oxygen atoms in total. The maximum atomic E-state index is 5.51. The summed E-state index contributed by atoms with van der Waals surface area (Å²) in [6, 6.07) is 2.13. The maximum absolute atomic E-state index is 5.51. The first-order valence-electron chi connectivity index (χ1n) is 4.09. The van der Waals surface area contributed by atoms with Crippen molar-refractivity contribution in [3.05, 3.63) is 33.0 Å². The first-order chi connectivity index (χ1) is 6.81. The maximum Gasteiger partial charge on any atom is 0.0842 e. The fourth-order valence-corrected chi connectivity index (χ4v) is 2.58. The average molecular weight is 226 g/mol. The molecule has 0 aliphatic heterocycles. The van der Waals surface area contributed by atoms with Crippen molar-refractivity contribution in [3.63, 3.8) is 0 Å². The van der Waals surface area contributed by atoms with Crippen molar-refractivity contribution in [3.8, 4) is 0 Å². The van der Waals surface area contributed by atoms with Gasteiger partial charge < -0.3 is 0 Å². The SMILES string of the molecule is Cc1cc(C(NN)c2cnns2)cs1. The third-order valence-corrected chi connectivity index (χ3v) is 3.52. The van der Waals surface area contributed by atoms with Gasteiger partial charge in [-0.2, -0.15) is 0 Å². The molecule has 1 unspecified atom stereocenters. The second-order valence-corrected chi connectivity index (χ2v) is 4.84. The highest BCUT2D eigenvalue weighted by Crippen LogP contribution is 2.26. The fourth-order valence-electron chi connectivity index (χ4n) is 1.26. The fraction of sp³-hybridized carbons (Fsp3) is 0.250. The van der Waals surface area contributed by atoms with Crippen LogP contribution in [-0.4, -0.2) is 9.59 Å². The molecule has 74 valence electrons. The van der Waals surface area contributed by atoms with E-state index in [1.165, 1.54) is 22.0 Å². The molecule has 0 saturated carbocycles. The summed E-state index contributed by atoms with van der Waals surface area (Å²) in [5.41, 5.74) is 3.94. The van der Waals surface area contributed by atoms with Crippen LogP contribution < -0.4 is 11.3 Å². The van der Waals surface area contributed by atoms with Gasteiger partial charge in [0.2, 0.25) is 0 Å². The van der Waals surface area contributed by atoms with Crippen molar-refractivity contribution in [2.24, 2.45) is 5.84 Å². The second kappa shape index (κ2) is 4.14. The smallest absolute Gasteiger partial charge is 0.0842 e. The van der Waals surface area contributed by atoms with Crippen LogP contribution >= 0.6 is 22.9 Å². The summed E-state index contributed by atoms with van der Waals surface area (Å²) >= 11 is 3.07. The molecule has 14 heavy (non-hydrogen) atoms. The Morgan fingerprint density at radius 1 is 1.57 bits per heavy atom. The highest BCUT2D eigenvalue weighted by Gasteiger charge is 2.15. The molecule has 0 fully saturated rings. The zero-order valence-corrected chi connectivity index (χ0v) is 9.23. The first-order valence-corrected chi connectivity index (χ1v) is 5.75. The molecule has 0 amide bonds. The molecule has 0 bridgehead atoms.